The van der Waals surface area contributed by atoms with Gasteiger partial charge < -0.3 is 5.32 Å². The molecule has 2 rings (SSSR count). The maximum Gasteiger partial charge on any atom is 0.0589 e. The largest absolute Gasteiger partial charge is 0.304 e. The van der Waals surface area contributed by atoms with Crippen molar-refractivity contribution < 1.29 is 0 Å². The number of fused-ring (bicyclic) bond motifs is 1. The van der Waals surface area contributed by atoms with Gasteiger partial charge in [-0.3, -0.25) is 0 Å². The molecular formula is C11H13N. The van der Waals surface area contributed by atoms with Crippen LogP contribution in [0.1, 0.15) is 24.0 Å². The topological polar surface area (TPSA) is 12.0 Å². The van der Waals surface area contributed by atoms with Gasteiger partial charge in [-0.2, -0.15) is 0 Å². The molecule has 1 heterocycles. The Kier molecular flexibility index (Phi) is 2.42. The van der Waals surface area contributed by atoms with Crippen molar-refractivity contribution >= 4 is 0 Å². The molecule has 1 aliphatic heterocycles. The first-order valence-electron chi connectivity index (χ1n) is 4.49. The monoisotopic (exact) mass is 159 g/mol. The minimum absolute atomic E-state index is 0.941. The van der Waals surface area contributed by atoms with Gasteiger partial charge in [0, 0.05) is 6.54 Å². The Hall–Kier alpha value is -0.820. The summed E-state index contributed by atoms with van der Waals surface area (Å²) < 4.78 is 0. The molecule has 1 aromatic rings. The second-order valence-electron chi connectivity index (χ2n) is 3.15. The van der Waals surface area contributed by atoms with Gasteiger partial charge >= 0.3 is 0 Å². The molecule has 62 valence electrons. The molecule has 0 aliphatic carbocycles. The van der Waals surface area contributed by atoms with E-state index in [-0.39, 0.29) is 0 Å². The fourth-order valence-electron chi connectivity index (χ4n) is 1.59. The van der Waals surface area contributed by atoms with Crippen LogP contribution in [0, 0.1) is 6.54 Å². The van der Waals surface area contributed by atoms with Gasteiger partial charge in [0.25, 0.3) is 0 Å². The van der Waals surface area contributed by atoms with Crippen LogP contribution in [0.15, 0.2) is 24.3 Å². The molecule has 0 saturated heterocycles. The summed E-state index contributed by atoms with van der Waals surface area (Å²) in [5.41, 5.74) is 2.91. The highest BCUT2D eigenvalue weighted by molar-refractivity contribution is 5.27. The lowest BCUT2D eigenvalue weighted by Crippen LogP contribution is -2.13. The zero-order chi connectivity index (χ0) is 8.23. The summed E-state index contributed by atoms with van der Waals surface area (Å²) in [5.74, 6) is 0. The van der Waals surface area contributed by atoms with Crippen molar-refractivity contribution in [2.75, 3.05) is 0 Å². The van der Waals surface area contributed by atoms with Gasteiger partial charge in [-0.1, -0.05) is 24.3 Å². The minimum atomic E-state index is 0.941. The van der Waals surface area contributed by atoms with Gasteiger partial charge in [0.15, 0.2) is 0 Å². The Bertz CT molecular complexity index is 228. The predicted octanol–water partition coefficient (Wildman–Crippen LogP) is 2.15. The summed E-state index contributed by atoms with van der Waals surface area (Å²) in [4.78, 5) is 0. The van der Waals surface area contributed by atoms with Gasteiger partial charge in [0.1, 0.15) is 0 Å². The van der Waals surface area contributed by atoms with E-state index < -0.39 is 0 Å². The molecule has 1 aliphatic rings. The number of hydrogen-bond donors (Lipinski definition) is 1. The Morgan fingerprint density at radius 3 is 2.92 bits per heavy atom. The van der Waals surface area contributed by atoms with E-state index in [1.165, 1.54) is 24.0 Å². The second-order valence-corrected chi connectivity index (χ2v) is 3.15. The van der Waals surface area contributed by atoms with Crippen molar-refractivity contribution in [3.05, 3.63) is 41.9 Å². The molecule has 0 amide bonds. The smallest absolute Gasteiger partial charge is 0.0589 e. The summed E-state index contributed by atoms with van der Waals surface area (Å²) >= 11 is 0. The number of aryl methyl sites for hydroxylation is 1. The van der Waals surface area contributed by atoms with Crippen LogP contribution in [0.4, 0.5) is 0 Å². The molecule has 12 heavy (non-hydrogen) atoms. The van der Waals surface area contributed by atoms with E-state index >= 15 is 0 Å². The first kappa shape index (κ1) is 7.81. The summed E-state index contributed by atoms with van der Waals surface area (Å²) in [6.45, 7) is 4.12. The molecule has 0 spiro atoms. The van der Waals surface area contributed by atoms with Gasteiger partial charge in [-0.05, 0) is 30.4 Å². The maximum atomic E-state index is 3.19. The normalized spacial score (nSPS) is 17.7. The zero-order valence-electron chi connectivity index (χ0n) is 7.14. The summed E-state index contributed by atoms with van der Waals surface area (Å²) in [7, 11) is 0. The highest BCUT2D eigenvalue weighted by Gasteiger charge is 2.04. The van der Waals surface area contributed by atoms with Crippen molar-refractivity contribution in [2.45, 2.75) is 25.8 Å². The Labute approximate surface area is 73.8 Å². The third-order valence-electron chi connectivity index (χ3n) is 2.27. The van der Waals surface area contributed by atoms with Crippen LogP contribution in [0.25, 0.3) is 0 Å². The Morgan fingerprint density at radius 2 is 2.00 bits per heavy atom. The molecule has 1 N–H and O–H groups in total. The van der Waals surface area contributed by atoms with Gasteiger partial charge in [0.05, 0.1) is 6.54 Å². The lowest BCUT2D eigenvalue weighted by atomic mass is 10.0. The maximum absolute atomic E-state index is 3.19. The summed E-state index contributed by atoms with van der Waals surface area (Å²) in [6.07, 6.45) is 3.48. The van der Waals surface area contributed by atoms with Gasteiger partial charge in [-0.15, -0.1) is 0 Å². The van der Waals surface area contributed by atoms with Gasteiger partial charge in [0.2, 0.25) is 0 Å². The van der Waals surface area contributed by atoms with E-state index in [1.54, 1.807) is 0 Å². The number of benzene rings is 1. The van der Waals surface area contributed by atoms with E-state index in [0.717, 1.165) is 13.0 Å². The van der Waals surface area contributed by atoms with Crippen molar-refractivity contribution in [1.29, 1.82) is 0 Å². The van der Waals surface area contributed by atoms with E-state index in [4.69, 9.17) is 0 Å². The number of hydrogen-bond acceptors (Lipinski definition) is 1. The molecule has 0 atom stereocenters. The van der Waals surface area contributed by atoms with Crippen LogP contribution in [0.2, 0.25) is 0 Å². The van der Waals surface area contributed by atoms with Crippen LogP contribution in [-0.4, -0.2) is 0 Å². The third kappa shape index (κ3) is 1.67. The van der Waals surface area contributed by atoms with E-state index in [9.17, 15) is 0 Å². The second kappa shape index (κ2) is 3.72. The summed E-state index contributed by atoms with van der Waals surface area (Å²) in [6, 6.07) is 8.63. The number of rotatable bonds is 0. The highest BCUT2D eigenvalue weighted by atomic mass is 14.8. The van der Waals surface area contributed by atoms with Crippen LogP contribution in [0.5, 0.6) is 0 Å². The van der Waals surface area contributed by atoms with Crippen molar-refractivity contribution in [1.82, 2.24) is 5.32 Å². The average molecular weight is 159 g/mol. The highest BCUT2D eigenvalue weighted by Crippen LogP contribution is 2.14. The predicted molar refractivity (Wildman–Crippen MR) is 49.5 cm³/mol. The third-order valence-corrected chi connectivity index (χ3v) is 2.27. The lowest BCUT2D eigenvalue weighted by Gasteiger charge is -2.13. The molecule has 1 aromatic carbocycles. The molecule has 1 nitrogen and oxygen atoms in total. The molecule has 0 unspecified atom stereocenters. The van der Waals surface area contributed by atoms with E-state index in [2.05, 4.69) is 36.1 Å². The Morgan fingerprint density at radius 1 is 1.17 bits per heavy atom. The van der Waals surface area contributed by atoms with Gasteiger partial charge in [-0.25, -0.2) is 0 Å². The van der Waals surface area contributed by atoms with Crippen LogP contribution < -0.4 is 5.32 Å². The SMILES string of the molecule is [C]1CCCc2ccccc2CN1. The van der Waals surface area contributed by atoms with Crippen LogP contribution in [0.3, 0.4) is 0 Å². The van der Waals surface area contributed by atoms with Crippen molar-refractivity contribution in [3.8, 4) is 0 Å². The van der Waals surface area contributed by atoms with Crippen molar-refractivity contribution in [2.24, 2.45) is 0 Å². The molecule has 0 saturated carbocycles. The fourth-order valence-corrected chi connectivity index (χ4v) is 1.59. The summed E-state index contributed by atoms with van der Waals surface area (Å²) in [5, 5.41) is 3.19. The quantitative estimate of drug-likeness (QED) is 0.611. The Balaban J connectivity index is 2.24. The van der Waals surface area contributed by atoms with Crippen molar-refractivity contribution in [3.63, 3.8) is 0 Å². The van der Waals surface area contributed by atoms with Crippen LogP contribution >= 0.6 is 0 Å². The molecule has 2 radical (unpaired) electrons. The fraction of sp³-hybridized carbons (Fsp3) is 0.364. The molecule has 1 heteroatoms. The number of nitrogens with one attached hydrogen (secondary N) is 1. The van der Waals surface area contributed by atoms with E-state index in [1.807, 2.05) is 0 Å². The molecule has 0 fully saturated rings. The first-order valence-corrected chi connectivity index (χ1v) is 4.49. The minimum Gasteiger partial charge on any atom is -0.304 e. The molecule has 0 bridgehead atoms. The first-order chi connectivity index (χ1) is 5.97. The van der Waals surface area contributed by atoms with E-state index in [0.29, 0.717) is 0 Å². The average Bonchev–Trinajstić information content (AvgIpc) is 2.06. The molecule has 0 aromatic heterocycles. The van der Waals surface area contributed by atoms with Crippen LogP contribution in [-0.2, 0) is 13.0 Å². The molecular weight excluding hydrogens is 146 g/mol. The standard InChI is InChI=1S/C11H13N/c1-2-7-11-9-12-8-4-3-6-10(11)5-1/h1-2,5,7,12H,3-4,6,9H2. The zero-order valence-corrected chi connectivity index (χ0v) is 7.14. The lowest BCUT2D eigenvalue weighted by molar-refractivity contribution is 0.669.